The summed E-state index contributed by atoms with van der Waals surface area (Å²) in [5.74, 6) is 2.10. The maximum Gasteiger partial charge on any atom is 0.337 e. The number of benzene rings is 3. The molecule has 0 saturated carbocycles. The molecule has 3 aliphatic heterocycles. The minimum absolute atomic E-state index is 0.108. The van der Waals surface area contributed by atoms with Crippen molar-refractivity contribution < 1.29 is 19.0 Å². The first-order chi connectivity index (χ1) is 15.1. The Morgan fingerprint density at radius 3 is 2.48 bits per heavy atom. The quantitative estimate of drug-likeness (QED) is 0.605. The Morgan fingerprint density at radius 1 is 0.935 bits per heavy atom. The van der Waals surface area contributed by atoms with E-state index in [0.29, 0.717) is 35.9 Å². The number of nitrogens with zero attached hydrogens (tertiary/aromatic N) is 1. The molecule has 2 radical (unpaired) electrons. The van der Waals surface area contributed by atoms with Gasteiger partial charge in [0.1, 0.15) is 24.6 Å². The summed E-state index contributed by atoms with van der Waals surface area (Å²) in [6, 6.07) is 19.7. The zero-order valence-electron chi connectivity index (χ0n) is 17.3. The normalized spacial score (nSPS) is 24.9. The van der Waals surface area contributed by atoms with E-state index in [4.69, 9.17) is 21.1 Å². The number of carbonyl (C=O) groups excluding carboxylic acids is 1. The van der Waals surface area contributed by atoms with Gasteiger partial charge in [0.15, 0.2) is 16.9 Å². The Bertz CT molecular complexity index is 1240. The van der Waals surface area contributed by atoms with Crippen LogP contribution in [0.1, 0.15) is 29.2 Å². The third-order valence-corrected chi connectivity index (χ3v) is 6.99. The van der Waals surface area contributed by atoms with E-state index >= 15 is 0 Å². The highest BCUT2D eigenvalue weighted by molar-refractivity contribution is 6.08. The van der Waals surface area contributed by atoms with Crippen LogP contribution in [0.15, 0.2) is 60.7 Å². The molecule has 0 N–H and O–H groups in total. The lowest BCUT2D eigenvalue weighted by atomic mass is 9.77. The summed E-state index contributed by atoms with van der Waals surface area (Å²) < 4.78 is 17.5. The number of hydrogen-bond donors (Lipinski definition) is 0. The van der Waals surface area contributed by atoms with Crippen LogP contribution < -0.4 is 18.7 Å². The van der Waals surface area contributed by atoms with Gasteiger partial charge in [-0.05, 0) is 31.5 Å². The Morgan fingerprint density at radius 2 is 1.68 bits per heavy atom. The second-order valence-corrected chi connectivity index (χ2v) is 8.36. The van der Waals surface area contributed by atoms with Crippen molar-refractivity contribution >= 4 is 11.6 Å². The van der Waals surface area contributed by atoms with E-state index in [-0.39, 0.29) is 23.8 Å². The van der Waals surface area contributed by atoms with Gasteiger partial charge in [-0.1, -0.05) is 42.5 Å². The van der Waals surface area contributed by atoms with Gasteiger partial charge >= 0.3 is 5.91 Å². The smallest absolute Gasteiger partial charge is 0.337 e. The van der Waals surface area contributed by atoms with Crippen LogP contribution in [-0.4, -0.2) is 25.9 Å². The molecule has 5 nitrogen and oxygen atoms in total. The van der Waals surface area contributed by atoms with Crippen LogP contribution in [0, 0.1) is 6.92 Å². The fraction of sp³-hybridized carbons (Fsp3) is 0.231. The summed E-state index contributed by atoms with van der Waals surface area (Å²) in [5.41, 5.74) is 3.64. The van der Waals surface area contributed by atoms with Crippen molar-refractivity contribution in [2.45, 2.75) is 18.9 Å². The summed E-state index contributed by atoms with van der Waals surface area (Å²) in [7, 11) is 0. The van der Waals surface area contributed by atoms with E-state index in [0.717, 1.165) is 22.4 Å². The number of likely N-dealkylation sites (N-methyl/N-ethyl adjacent to an activating group) is 1. The summed E-state index contributed by atoms with van der Waals surface area (Å²) in [4.78, 5) is 14.5. The summed E-state index contributed by atoms with van der Waals surface area (Å²) in [5, 5.41) is 0. The first-order valence-electron chi connectivity index (χ1n) is 10.5. The second-order valence-electron chi connectivity index (χ2n) is 8.36. The molecule has 5 heteroatoms. The maximum atomic E-state index is 14.5. The fourth-order valence-electron chi connectivity index (χ4n) is 5.39. The molecular formula is C26H22NO4+. The highest BCUT2D eigenvalue weighted by atomic mass is 16.7. The van der Waals surface area contributed by atoms with Gasteiger partial charge in [-0.2, -0.15) is 0 Å². The number of quaternary nitrogens is 1. The van der Waals surface area contributed by atoms with Gasteiger partial charge in [0, 0.05) is 22.8 Å². The molecule has 0 fully saturated rings. The number of rotatable bonds is 3. The van der Waals surface area contributed by atoms with Crippen molar-refractivity contribution in [3.8, 4) is 17.2 Å². The molecule has 3 aliphatic rings. The van der Waals surface area contributed by atoms with Gasteiger partial charge < -0.3 is 14.2 Å². The molecule has 3 heterocycles. The SMILES string of the molecule is [CH]c1ccccc1C[N+]1(CC)C(=O)C2(COc3cc4c(cc32)OCO4)c2ccccc21. The van der Waals surface area contributed by atoms with E-state index in [1.54, 1.807) is 0 Å². The number of amides is 1. The molecule has 2 unspecified atom stereocenters. The van der Waals surface area contributed by atoms with E-state index in [1.165, 1.54) is 0 Å². The molecule has 0 aromatic heterocycles. The standard InChI is InChI=1S/C26H22NO4/c1-3-27(14-18-9-5-4-8-17(18)2)21-11-7-6-10-19(21)26(25(27)28)15-29-22-13-24-23(12-20(22)26)30-16-31-24/h2,4-13H,3,14-16H2,1H3/q+1. The maximum absolute atomic E-state index is 14.5. The number of hydrogen-bond acceptors (Lipinski definition) is 4. The molecule has 0 saturated heterocycles. The van der Waals surface area contributed by atoms with Crippen molar-refractivity contribution in [1.29, 1.82) is 0 Å². The second kappa shape index (κ2) is 6.34. The van der Waals surface area contributed by atoms with Gasteiger partial charge in [0.05, 0.1) is 6.54 Å². The molecule has 154 valence electrons. The Kier molecular flexibility index (Phi) is 3.78. The molecule has 6 rings (SSSR count). The summed E-state index contributed by atoms with van der Waals surface area (Å²) in [6.07, 6.45) is 0. The molecule has 1 spiro atoms. The number of carbonyl (C=O) groups is 1. The molecule has 31 heavy (non-hydrogen) atoms. The van der Waals surface area contributed by atoms with Crippen LogP contribution in [0.3, 0.4) is 0 Å². The highest BCUT2D eigenvalue weighted by Crippen LogP contribution is 2.57. The molecule has 0 aliphatic carbocycles. The number of para-hydroxylation sites is 1. The zero-order valence-corrected chi connectivity index (χ0v) is 17.3. The Hall–Kier alpha value is -3.31. The highest BCUT2D eigenvalue weighted by Gasteiger charge is 2.66. The van der Waals surface area contributed by atoms with Crippen molar-refractivity contribution in [2.75, 3.05) is 19.9 Å². The summed E-state index contributed by atoms with van der Waals surface area (Å²) in [6.45, 7) is 9.91. The first kappa shape index (κ1) is 18.5. The van der Waals surface area contributed by atoms with E-state index in [2.05, 4.69) is 19.1 Å². The van der Waals surface area contributed by atoms with Crippen LogP contribution in [-0.2, 0) is 16.8 Å². The Labute approximate surface area is 181 Å². The monoisotopic (exact) mass is 412 g/mol. The van der Waals surface area contributed by atoms with Crippen LogP contribution in [0.4, 0.5) is 5.69 Å². The largest absolute Gasteiger partial charge is 0.491 e. The van der Waals surface area contributed by atoms with Crippen LogP contribution in [0.5, 0.6) is 17.2 Å². The molecule has 3 aromatic rings. The topological polar surface area (TPSA) is 44.8 Å². The van der Waals surface area contributed by atoms with Crippen molar-refractivity contribution in [2.24, 2.45) is 0 Å². The minimum atomic E-state index is -0.882. The van der Waals surface area contributed by atoms with Crippen molar-refractivity contribution in [1.82, 2.24) is 4.48 Å². The Balaban J connectivity index is 1.58. The lowest BCUT2D eigenvalue weighted by molar-refractivity contribution is -0.133. The molecule has 3 aromatic carbocycles. The fourth-order valence-corrected chi connectivity index (χ4v) is 5.39. The average Bonchev–Trinajstić information content (AvgIpc) is 3.46. The lowest BCUT2D eigenvalue weighted by Gasteiger charge is -2.33. The van der Waals surface area contributed by atoms with Gasteiger partial charge in [-0.25, -0.2) is 9.28 Å². The van der Waals surface area contributed by atoms with Crippen LogP contribution in [0.2, 0.25) is 0 Å². The average molecular weight is 412 g/mol. The number of fused-ring (bicyclic) bond motifs is 5. The van der Waals surface area contributed by atoms with Gasteiger partial charge in [-0.3, -0.25) is 0 Å². The van der Waals surface area contributed by atoms with E-state index < -0.39 is 5.41 Å². The summed E-state index contributed by atoms with van der Waals surface area (Å²) >= 11 is 0. The predicted molar refractivity (Wildman–Crippen MR) is 116 cm³/mol. The van der Waals surface area contributed by atoms with E-state index in [9.17, 15) is 4.79 Å². The van der Waals surface area contributed by atoms with Gasteiger partial charge in [-0.15, -0.1) is 0 Å². The van der Waals surface area contributed by atoms with Gasteiger partial charge in [0.2, 0.25) is 6.79 Å². The van der Waals surface area contributed by atoms with Crippen LogP contribution >= 0.6 is 0 Å². The zero-order chi connectivity index (χ0) is 21.2. The third kappa shape index (κ3) is 2.27. The molecule has 0 bridgehead atoms. The van der Waals surface area contributed by atoms with Crippen LogP contribution in [0.25, 0.3) is 0 Å². The lowest BCUT2D eigenvalue weighted by Crippen LogP contribution is -2.56. The van der Waals surface area contributed by atoms with Crippen molar-refractivity contribution in [3.63, 3.8) is 0 Å². The van der Waals surface area contributed by atoms with Crippen molar-refractivity contribution in [3.05, 3.63) is 89.8 Å². The third-order valence-electron chi connectivity index (χ3n) is 6.99. The predicted octanol–water partition coefficient (Wildman–Crippen LogP) is 4.22. The van der Waals surface area contributed by atoms with Gasteiger partial charge in [0.25, 0.3) is 0 Å². The first-order valence-corrected chi connectivity index (χ1v) is 10.5. The molecular weight excluding hydrogens is 390 g/mol. The number of ether oxygens (including phenoxy) is 3. The van der Waals surface area contributed by atoms with E-state index in [1.807, 2.05) is 48.5 Å². The molecule has 2 atom stereocenters. The molecule has 1 amide bonds. The minimum Gasteiger partial charge on any atom is -0.491 e.